The maximum absolute atomic E-state index is 5.74. The topological polar surface area (TPSA) is 25.4 Å². The second-order valence-corrected chi connectivity index (χ2v) is 5.95. The fraction of sp³-hybridized carbons (Fsp3) is 0.471. The molecule has 1 aromatic carbocycles. The molecule has 0 bridgehead atoms. The first-order valence-electron chi connectivity index (χ1n) is 7.57. The van der Waals surface area contributed by atoms with E-state index in [9.17, 15) is 0 Å². The van der Waals surface area contributed by atoms with E-state index in [0.29, 0.717) is 18.6 Å². The number of pyridine rings is 1. The van der Waals surface area contributed by atoms with Crippen LogP contribution in [0.1, 0.15) is 18.4 Å². The lowest BCUT2D eigenvalue weighted by Gasteiger charge is -2.33. The number of aromatic nitrogens is 1. The van der Waals surface area contributed by atoms with Crippen LogP contribution in [0.2, 0.25) is 0 Å². The van der Waals surface area contributed by atoms with Gasteiger partial charge < -0.3 is 9.64 Å². The number of rotatable bonds is 4. The van der Waals surface area contributed by atoms with Gasteiger partial charge in [0, 0.05) is 24.4 Å². The van der Waals surface area contributed by atoms with Gasteiger partial charge in [-0.2, -0.15) is 0 Å². The molecule has 1 aliphatic rings. The highest BCUT2D eigenvalue weighted by atomic mass is 35.5. The van der Waals surface area contributed by atoms with E-state index in [1.807, 2.05) is 6.07 Å². The van der Waals surface area contributed by atoms with Crippen molar-refractivity contribution in [2.24, 2.45) is 0 Å². The summed E-state index contributed by atoms with van der Waals surface area (Å²) in [6, 6.07) is 10.5. The molecule has 3 rings (SSSR count). The van der Waals surface area contributed by atoms with Gasteiger partial charge in [0.2, 0.25) is 0 Å². The molecule has 1 saturated heterocycles. The normalized spacial score (nSPS) is 16.6. The Morgan fingerprint density at radius 1 is 1.29 bits per heavy atom. The highest BCUT2D eigenvalue weighted by molar-refractivity contribution is 6.17. The van der Waals surface area contributed by atoms with E-state index in [0.717, 1.165) is 37.3 Å². The minimum absolute atomic E-state index is 0.348. The van der Waals surface area contributed by atoms with Crippen LogP contribution < -0.4 is 4.90 Å². The van der Waals surface area contributed by atoms with Gasteiger partial charge in [0.1, 0.15) is 5.82 Å². The van der Waals surface area contributed by atoms with Crippen molar-refractivity contribution in [1.82, 2.24) is 4.98 Å². The third kappa shape index (κ3) is 3.30. The predicted molar refractivity (Wildman–Crippen MR) is 88.4 cm³/mol. The molecule has 1 fully saturated rings. The molecule has 0 N–H and O–H groups in total. The summed E-state index contributed by atoms with van der Waals surface area (Å²) >= 11 is 5.68. The average Bonchev–Trinajstić information content (AvgIpc) is 2.53. The SMILES string of the molecule is Cc1cc2ccccc2nc1N1CCC(OCCCl)CC1. The number of halogens is 1. The molecule has 112 valence electrons. The summed E-state index contributed by atoms with van der Waals surface area (Å²) in [5, 5.41) is 1.21. The molecule has 0 atom stereocenters. The average molecular weight is 305 g/mol. The molecular weight excluding hydrogens is 284 g/mol. The monoisotopic (exact) mass is 304 g/mol. The van der Waals surface area contributed by atoms with Gasteiger partial charge in [0.25, 0.3) is 0 Å². The lowest BCUT2D eigenvalue weighted by molar-refractivity contribution is 0.0471. The van der Waals surface area contributed by atoms with Crippen molar-refractivity contribution in [3.63, 3.8) is 0 Å². The largest absolute Gasteiger partial charge is 0.377 e. The van der Waals surface area contributed by atoms with E-state index in [4.69, 9.17) is 21.3 Å². The Balaban J connectivity index is 1.74. The Morgan fingerprint density at radius 2 is 2.05 bits per heavy atom. The minimum Gasteiger partial charge on any atom is -0.377 e. The molecule has 21 heavy (non-hydrogen) atoms. The summed E-state index contributed by atoms with van der Waals surface area (Å²) in [6.07, 6.45) is 2.44. The summed E-state index contributed by atoms with van der Waals surface area (Å²) < 4.78 is 5.74. The Labute approximate surface area is 130 Å². The molecule has 0 aliphatic carbocycles. The number of alkyl halides is 1. The molecule has 1 aliphatic heterocycles. The van der Waals surface area contributed by atoms with Crippen molar-refractivity contribution in [2.75, 3.05) is 30.5 Å². The van der Waals surface area contributed by atoms with Crippen molar-refractivity contribution in [1.29, 1.82) is 0 Å². The Bertz CT molecular complexity index is 609. The smallest absolute Gasteiger partial charge is 0.132 e. The van der Waals surface area contributed by atoms with Crippen LogP contribution in [-0.4, -0.2) is 36.7 Å². The molecule has 0 saturated carbocycles. The first-order chi connectivity index (χ1) is 10.3. The zero-order valence-corrected chi connectivity index (χ0v) is 13.1. The van der Waals surface area contributed by atoms with Gasteiger partial charge in [0.15, 0.2) is 0 Å². The van der Waals surface area contributed by atoms with Crippen molar-refractivity contribution in [2.45, 2.75) is 25.9 Å². The first-order valence-corrected chi connectivity index (χ1v) is 8.10. The molecule has 2 heterocycles. The number of fused-ring (bicyclic) bond motifs is 1. The van der Waals surface area contributed by atoms with E-state index < -0.39 is 0 Å². The molecule has 2 aromatic rings. The molecule has 1 aromatic heterocycles. The van der Waals surface area contributed by atoms with E-state index in [1.54, 1.807) is 0 Å². The number of hydrogen-bond donors (Lipinski definition) is 0. The molecule has 0 amide bonds. The standard InChI is InChI=1S/C17H21ClN2O/c1-13-12-14-4-2-3-5-16(14)19-17(13)20-9-6-15(7-10-20)21-11-8-18/h2-5,12,15H,6-11H2,1H3. The number of para-hydroxylation sites is 1. The highest BCUT2D eigenvalue weighted by Gasteiger charge is 2.21. The Hall–Kier alpha value is -1.32. The molecule has 4 heteroatoms. The van der Waals surface area contributed by atoms with Gasteiger partial charge in [-0.25, -0.2) is 4.98 Å². The van der Waals surface area contributed by atoms with Crippen molar-refractivity contribution < 1.29 is 4.74 Å². The summed E-state index contributed by atoms with van der Waals surface area (Å²) in [5.41, 5.74) is 2.31. The second kappa shape index (κ2) is 6.63. The van der Waals surface area contributed by atoms with E-state index in [1.165, 1.54) is 10.9 Å². The summed E-state index contributed by atoms with van der Waals surface area (Å²) in [5.74, 6) is 1.69. The zero-order chi connectivity index (χ0) is 14.7. The highest BCUT2D eigenvalue weighted by Crippen LogP contribution is 2.26. The summed E-state index contributed by atoms with van der Waals surface area (Å²) in [4.78, 5) is 7.23. The predicted octanol–water partition coefficient (Wildman–Crippen LogP) is 3.77. The maximum atomic E-state index is 5.74. The molecular formula is C17H21ClN2O. The van der Waals surface area contributed by atoms with Crippen LogP contribution in [-0.2, 0) is 4.74 Å². The quantitative estimate of drug-likeness (QED) is 0.804. The van der Waals surface area contributed by atoms with Crippen LogP contribution in [0.25, 0.3) is 10.9 Å². The fourth-order valence-electron chi connectivity index (χ4n) is 2.98. The van der Waals surface area contributed by atoms with Gasteiger partial charge >= 0.3 is 0 Å². The number of ether oxygens (including phenoxy) is 1. The molecule has 3 nitrogen and oxygen atoms in total. The molecule has 0 radical (unpaired) electrons. The molecule has 0 spiro atoms. The second-order valence-electron chi connectivity index (χ2n) is 5.57. The minimum atomic E-state index is 0.348. The number of nitrogens with zero attached hydrogens (tertiary/aromatic N) is 2. The van der Waals surface area contributed by atoms with E-state index in [2.05, 4.69) is 36.1 Å². The number of benzene rings is 1. The van der Waals surface area contributed by atoms with Crippen LogP contribution in [0.5, 0.6) is 0 Å². The fourth-order valence-corrected chi connectivity index (χ4v) is 3.07. The maximum Gasteiger partial charge on any atom is 0.132 e. The Kier molecular flexibility index (Phi) is 4.61. The van der Waals surface area contributed by atoms with E-state index in [-0.39, 0.29) is 0 Å². The number of anilines is 1. The van der Waals surface area contributed by atoms with Crippen molar-refractivity contribution in [3.05, 3.63) is 35.9 Å². The van der Waals surface area contributed by atoms with Gasteiger partial charge in [0.05, 0.1) is 18.2 Å². The summed E-state index contributed by atoms with van der Waals surface area (Å²) in [6.45, 7) is 4.79. The number of hydrogen-bond acceptors (Lipinski definition) is 3. The van der Waals surface area contributed by atoms with Crippen LogP contribution in [0, 0.1) is 6.92 Å². The third-order valence-electron chi connectivity index (χ3n) is 4.06. The number of aryl methyl sites for hydroxylation is 1. The van der Waals surface area contributed by atoms with Gasteiger partial charge in [-0.3, -0.25) is 0 Å². The first kappa shape index (κ1) is 14.6. The van der Waals surface area contributed by atoms with Crippen LogP contribution >= 0.6 is 11.6 Å². The van der Waals surface area contributed by atoms with Crippen molar-refractivity contribution in [3.8, 4) is 0 Å². The van der Waals surface area contributed by atoms with Crippen LogP contribution in [0.3, 0.4) is 0 Å². The lowest BCUT2D eigenvalue weighted by Crippen LogP contribution is -2.38. The van der Waals surface area contributed by atoms with Gasteiger partial charge in [-0.15, -0.1) is 11.6 Å². The van der Waals surface area contributed by atoms with Crippen LogP contribution in [0.15, 0.2) is 30.3 Å². The van der Waals surface area contributed by atoms with E-state index >= 15 is 0 Å². The molecule has 0 unspecified atom stereocenters. The lowest BCUT2D eigenvalue weighted by atomic mass is 10.1. The van der Waals surface area contributed by atoms with Gasteiger partial charge in [-0.05, 0) is 37.5 Å². The van der Waals surface area contributed by atoms with Gasteiger partial charge in [-0.1, -0.05) is 18.2 Å². The summed E-state index contributed by atoms with van der Waals surface area (Å²) in [7, 11) is 0. The van der Waals surface area contributed by atoms with Crippen molar-refractivity contribution >= 4 is 28.3 Å². The number of piperidine rings is 1. The third-order valence-corrected chi connectivity index (χ3v) is 4.21. The zero-order valence-electron chi connectivity index (χ0n) is 12.4. The van der Waals surface area contributed by atoms with Crippen LogP contribution in [0.4, 0.5) is 5.82 Å². The Morgan fingerprint density at radius 3 is 2.81 bits per heavy atom.